The minimum Gasteiger partial charge on any atom is -0.352 e. The van der Waals surface area contributed by atoms with Crippen molar-refractivity contribution in [1.82, 2.24) is 9.97 Å². The van der Waals surface area contributed by atoms with Crippen LogP contribution in [0.5, 0.6) is 0 Å². The number of hydrogen-bond acceptors (Lipinski definition) is 4. The molecule has 0 aliphatic heterocycles. The van der Waals surface area contributed by atoms with E-state index in [4.69, 9.17) is 5.73 Å². The molecule has 72 valence electrons. The van der Waals surface area contributed by atoms with Gasteiger partial charge >= 0.3 is 0 Å². The molecule has 13 heavy (non-hydrogen) atoms. The topological polar surface area (TPSA) is 63.8 Å². The Balaban J connectivity index is 2.66. The molecule has 1 aromatic rings. The zero-order valence-electron chi connectivity index (χ0n) is 8.12. The lowest BCUT2D eigenvalue weighted by molar-refractivity contribution is 0.750. The molecule has 1 rings (SSSR count). The van der Waals surface area contributed by atoms with E-state index in [1.807, 2.05) is 6.07 Å². The van der Waals surface area contributed by atoms with Gasteiger partial charge in [-0.15, -0.1) is 0 Å². The monoisotopic (exact) mass is 180 g/mol. The summed E-state index contributed by atoms with van der Waals surface area (Å²) in [4.78, 5) is 8.33. The first kappa shape index (κ1) is 9.92. The molecule has 0 radical (unpaired) electrons. The van der Waals surface area contributed by atoms with Gasteiger partial charge in [0.25, 0.3) is 0 Å². The maximum atomic E-state index is 5.46. The van der Waals surface area contributed by atoms with Gasteiger partial charge < -0.3 is 11.1 Å². The summed E-state index contributed by atoms with van der Waals surface area (Å²) in [6.45, 7) is 4.67. The van der Waals surface area contributed by atoms with Gasteiger partial charge in [-0.25, -0.2) is 9.97 Å². The quantitative estimate of drug-likeness (QED) is 0.729. The molecule has 1 aromatic heterocycles. The van der Waals surface area contributed by atoms with Gasteiger partial charge in [-0.2, -0.15) is 0 Å². The first-order chi connectivity index (χ1) is 6.26. The van der Waals surface area contributed by atoms with Crippen molar-refractivity contribution < 1.29 is 0 Å². The summed E-state index contributed by atoms with van der Waals surface area (Å²) in [6, 6.07) is 2.22. The Morgan fingerprint density at radius 1 is 1.62 bits per heavy atom. The summed E-state index contributed by atoms with van der Waals surface area (Å²) in [5, 5.41) is 3.19. The fraction of sp³-hybridized carbons (Fsp3) is 0.556. The second kappa shape index (κ2) is 4.77. The molecule has 0 fully saturated rings. The van der Waals surface area contributed by atoms with Gasteiger partial charge in [-0.1, -0.05) is 6.92 Å². The SMILES string of the molecule is CCC(C)Nc1nccc(CN)n1. The summed E-state index contributed by atoms with van der Waals surface area (Å²) in [6.07, 6.45) is 2.77. The van der Waals surface area contributed by atoms with E-state index in [1.54, 1.807) is 6.20 Å². The number of aromatic nitrogens is 2. The van der Waals surface area contributed by atoms with Crippen LogP contribution >= 0.6 is 0 Å². The molecule has 0 aliphatic carbocycles. The van der Waals surface area contributed by atoms with Gasteiger partial charge in [0.05, 0.1) is 5.69 Å². The number of hydrogen-bond donors (Lipinski definition) is 2. The third-order valence-electron chi connectivity index (χ3n) is 1.91. The Morgan fingerprint density at radius 2 is 2.38 bits per heavy atom. The van der Waals surface area contributed by atoms with Crippen LogP contribution in [0.15, 0.2) is 12.3 Å². The van der Waals surface area contributed by atoms with Crippen molar-refractivity contribution in [1.29, 1.82) is 0 Å². The van der Waals surface area contributed by atoms with Crippen LogP contribution in [-0.2, 0) is 6.54 Å². The molecule has 0 amide bonds. The van der Waals surface area contributed by atoms with Crippen LogP contribution in [0.3, 0.4) is 0 Å². The Hall–Kier alpha value is -1.16. The second-order valence-electron chi connectivity index (χ2n) is 3.03. The lowest BCUT2D eigenvalue weighted by atomic mass is 10.3. The molecular formula is C9H16N4. The lowest BCUT2D eigenvalue weighted by Gasteiger charge is -2.10. The summed E-state index contributed by atoms with van der Waals surface area (Å²) >= 11 is 0. The van der Waals surface area contributed by atoms with Crippen molar-refractivity contribution in [3.63, 3.8) is 0 Å². The van der Waals surface area contributed by atoms with Crippen molar-refractivity contribution >= 4 is 5.95 Å². The molecule has 0 saturated heterocycles. The largest absolute Gasteiger partial charge is 0.352 e. The average Bonchev–Trinajstić information content (AvgIpc) is 2.18. The van der Waals surface area contributed by atoms with Crippen molar-refractivity contribution in [2.75, 3.05) is 5.32 Å². The molecule has 0 bridgehead atoms. The average molecular weight is 180 g/mol. The summed E-state index contributed by atoms with van der Waals surface area (Å²) in [5.74, 6) is 0.664. The van der Waals surface area contributed by atoms with Gasteiger partial charge in [-0.05, 0) is 19.4 Å². The highest BCUT2D eigenvalue weighted by atomic mass is 15.1. The van der Waals surface area contributed by atoms with E-state index >= 15 is 0 Å². The minimum atomic E-state index is 0.396. The highest BCUT2D eigenvalue weighted by Gasteiger charge is 2.01. The molecule has 0 saturated carbocycles. The Morgan fingerprint density at radius 3 is 3.00 bits per heavy atom. The Labute approximate surface area is 78.6 Å². The van der Waals surface area contributed by atoms with E-state index < -0.39 is 0 Å². The van der Waals surface area contributed by atoms with E-state index in [0.29, 0.717) is 18.5 Å². The molecule has 1 unspecified atom stereocenters. The third kappa shape index (κ3) is 2.99. The van der Waals surface area contributed by atoms with Crippen molar-refractivity contribution in [2.24, 2.45) is 5.73 Å². The number of anilines is 1. The molecule has 1 atom stereocenters. The summed E-state index contributed by atoms with van der Waals surface area (Å²) < 4.78 is 0. The van der Waals surface area contributed by atoms with Crippen LogP contribution in [0.2, 0.25) is 0 Å². The van der Waals surface area contributed by atoms with Gasteiger partial charge in [0.2, 0.25) is 5.95 Å². The van der Waals surface area contributed by atoms with Crippen LogP contribution in [0.25, 0.3) is 0 Å². The third-order valence-corrected chi connectivity index (χ3v) is 1.91. The fourth-order valence-electron chi connectivity index (χ4n) is 0.902. The maximum Gasteiger partial charge on any atom is 0.223 e. The first-order valence-electron chi connectivity index (χ1n) is 4.54. The Kier molecular flexibility index (Phi) is 3.64. The van der Waals surface area contributed by atoms with Gasteiger partial charge in [0.15, 0.2) is 0 Å². The molecule has 0 aliphatic rings. The van der Waals surface area contributed by atoms with Crippen LogP contribution in [0, 0.1) is 0 Å². The molecule has 0 spiro atoms. The second-order valence-corrected chi connectivity index (χ2v) is 3.03. The maximum absolute atomic E-state index is 5.46. The standard InChI is InChI=1S/C9H16N4/c1-3-7(2)12-9-11-5-4-8(6-10)13-9/h4-5,7H,3,6,10H2,1-2H3,(H,11,12,13). The van der Waals surface area contributed by atoms with Crippen LogP contribution < -0.4 is 11.1 Å². The highest BCUT2D eigenvalue weighted by Crippen LogP contribution is 2.03. The summed E-state index contributed by atoms with van der Waals surface area (Å²) in [5.41, 5.74) is 6.33. The summed E-state index contributed by atoms with van der Waals surface area (Å²) in [7, 11) is 0. The normalized spacial score (nSPS) is 12.5. The van der Waals surface area contributed by atoms with E-state index in [9.17, 15) is 0 Å². The number of rotatable bonds is 4. The predicted molar refractivity (Wildman–Crippen MR) is 53.3 cm³/mol. The molecule has 4 nitrogen and oxygen atoms in total. The first-order valence-corrected chi connectivity index (χ1v) is 4.54. The van der Waals surface area contributed by atoms with Crippen LogP contribution in [-0.4, -0.2) is 16.0 Å². The number of nitrogens with zero attached hydrogens (tertiary/aromatic N) is 2. The van der Waals surface area contributed by atoms with E-state index in [-0.39, 0.29) is 0 Å². The molecule has 0 aromatic carbocycles. The lowest BCUT2D eigenvalue weighted by Crippen LogP contribution is -2.16. The van der Waals surface area contributed by atoms with Gasteiger partial charge in [0, 0.05) is 18.8 Å². The molecular weight excluding hydrogens is 164 g/mol. The smallest absolute Gasteiger partial charge is 0.223 e. The van der Waals surface area contributed by atoms with Crippen LogP contribution in [0.1, 0.15) is 26.0 Å². The zero-order chi connectivity index (χ0) is 9.68. The predicted octanol–water partition coefficient (Wildman–Crippen LogP) is 1.15. The van der Waals surface area contributed by atoms with Crippen molar-refractivity contribution in [3.05, 3.63) is 18.0 Å². The van der Waals surface area contributed by atoms with Crippen LogP contribution in [0.4, 0.5) is 5.95 Å². The molecule has 4 heteroatoms. The minimum absolute atomic E-state index is 0.396. The molecule has 1 heterocycles. The number of nitrogens with one attached hydrogen (secondary N) is 1. The van der Waals surface area contributed by atoms with E-state index in [0.717, 1.165) is 12.1 Å². The van der Waals surface area contributed by atoms with Gasteiger partial charge in [-0.3, -0.25) is 0 Å². The highest BCUT2D eigenvalue weighted by molar-refractivity contribution is 5.26. The fourth-order valence-corrected chi connectivity index (χ4v) is 0.902. The Bertz CT molecular complexity index is 262. The number of nitrogens with two attached hydrogens (primary N) is 1. The van der Waals surface area contributed by atoms with Gasteiger partial charge in [0.1, 0.15) is 0 Å². The zero-order valence-corrected chi connectivity index (χ0v) is 8.12. The van der Waals surface area contributed by atoms with E-state index in [1.165, 1.54) is 0 Å². The van der Waals surface area contributed by atoms with Crippen molar-refractivity contribution in [2.45, 2.75) is 32.9 Å². The van der Waals surface area contributed by atoms with E-state index in [2.05, 4.69) is 29.1 Å². The van der Waals surface area contributed by atoms with Crippen molar-refractivity contribution in [3.8, 4) is 0 Å². The molecule has 3 N–H and O–H groups in total.